The van der Waals surface area contributed by atoms with E-state index < -0.39 is 0 Å². The average Bonchev–Trinajstić information content (AvgIpc) is 2.37. The van der Waals surface area contributed by atoms with Crippen molar-refractivity contribution in [2.75, 3.05) is 25.0 Å². The van der Waals surface area contributed by atoms with E-state index >= 15 is 0 Å². The molecule has 19 heavy (non-hydrogen) atoms. The molecule has 3 amide bonds. The maximum Gasteiger partial charge on any atom is 0.254 e. The molecule has 100 valence electrons. The van der Waals surface area contributed by atoms with Crippen LogP contribution in [0.4, 0.5) is 5.69 Å². The highest BCUT2D eigenvalue weighted by Crippen LogP contribution is 2.13. The largest absolute Gasteiger partial charge is 0.353 e. The van der Waals surface area contributed by atoms with Crippen LogP contribution in [0.25, 0.3) is 0 Å². The fraction of sp³-hybridized carbons (Fsp3) is 0.308. The molecule has 1 aromatic rings. The van der Waals surface area contributed by atoms with Crippen LogP contribution in [0.3, 0.4) is 0 Å². The van der Waals surface area contributed by atoms with Gasteiger partial charge in [-0.3, -0.25) is 14.4 Å². The molecule has 2 rings (SSSR count). The van der Waals surface area contributed by atoms with Gasteiger partial charge in [-0.05, 0) is 18.2 Å². The summed E-state index contributed by atoms with van der Waals surface area (Å²) >= 11 is 0. The third kappa shape index (κ3) is 3.31. The Morgan fingerprint density at radius 2 is 2.16 bits per heavy atom. The first-order valence-corrected chi connectivity index (χ1v) is 6.00. The molecule has 1 aliphatic heterocycles. The van der Waals surface area contributed by atoms with Crippen molar-refractivity contribution < 1.29 is 14.4 Å². The Balaban J connectivity index is 2.14. The zero-order chi connectivity index (χ0) is 13.8. The molecular formula is C13H15N3O3. The summed E-state index contributed by atoms with van der Waals surface area (Å²) in [6, 6.07) is 6.68. The van der Waals surface area contributed by atoms with Gasteiger partial charge in [-0.25, -0.2) is 0 Å². The summed E-state index contributed by atoms with van der Waals surface area (Å²) in [5, 5.41) is 5.29. The van der Waals surface area contributed by atoms with E-state index in [1.165, 1.54) is 11.8 Å². The van der Waals surface area contributed by atoms with Gasteiger partial charge in [0.2, 0.25) is 11.8 Å². The summed E-state index contributed by atoms with van der Waals surface area (Å²) < 4.78 is 0. The van der Waals surface area contributed by atoms with E-state index in [1.807, 2.05) is 0 Å². The maximum atomic E-state index is 12.2. The molecule has 6 heteroatoms. The third-order valence-corrected chi connectivity index (χ3v) is 2.76. The molecule has 0 aliphatic carbocycles. The van der Waals surface area contributed by atoms with Gasteiger partial charge in [0, 0.05) is 31.3 Å². The van der Waals surface area contributed by atoms with Crippen LogP contribution in [0.5, 0.6) is 0 Å². The summed E-state index contributed by atoms with van der Waals surface area (Å²) in [5.41, 5.74) is 1.03. The van der Waals surface area contributed by atoms with Gasteiger partial charge in [-0.15, -0.1) is 0 Å². The molecule has 6 nitrogen and oxygen atoms in total. The van der Waals surface area contributed by atoms with E-state index in [0.717, 1.165) is 0 Å². The van der Waals surface area contributed by atoms with Crippen LogP contribution in [0.15, 0.2) is 24.3 Å². The molecule has 0 atom stereocenters. The summed E-state index contributed by atoms with van der Waals surface area (Å²) in [4.78, 5) is 35.9. The summed E-state index contributed by atoms with van der Waals surface area (Å²) in [7, 11) is 0. The van der Waals surface area contributed by atoms with E-state index in [1.54, 1.807) is 24.3 Å². The van der Waals surface area contributed by atoms with Crippen molar-refractivity contribution in [3.8, 4) is 0 Å². The highest BCUT2D eigenvalue weighted by molar-refractivity contribution is 5.98. The van der Waals surface area contributed by atoms with E-state index in [4.69, 9.17) is 0 Å². The molecule has 1 aromatic carbocycles. The van der Waals surface area contributed by atoms with Gasteiger partial charge in [0.15, 0.2) is 0 Å². The number of anilines is 1. The Morgan fingerprint density at radius 1 is 1.37 bits per heavy atom. The molecule has 0 aromatic heterocycles. The highest BCUT2D eigenvalue weighted by atomic mass is 16.2. The first-order valence-electron chi connectivity index (χ1n) is 6.00. The van der Waals surface area contributed by atoms with Gasteiger partial charge in [0.1, 0.15) is 0 Å². The average molecular weight is 261 g/mol. The van der Waals surface area contributed by atoms with E-state index in [9.17, 15) is 14.4 Å². The minimum absolute atomic E-state index is 0.0726. The molecular weight excluding hydrogens is 246 g/mol. The van der Waals surface area contributed by atoms with Gasteiger partial charge < -0.3 is 15.5 Å². The van der Waals surface area contributed by atoms with Crippen LogP contribution < -0.4 is 10.6 Å². The third-order valence-electron chi connectivity index (χ3n) is 2.76. The molecule has 0 unspecified atom stereocenters. The van der Waals surface area contributed by atoms with Crippen LogP contribution in [0.2, 0.25) is 0 Å². The number of nitrogens with zero attached hydrogens (tertiary/aromatic N) is 1. The number of piperazine rings is 1. The zero-order valence-corrected chi connectivity index (χ0v) is 10.6. The number of hydrogen-bond donors (Lipinski definition) is 2. The van der Waals surface area contributed by atoms with Crippen LogP contribution >= 0.6 is 0 Å². The van der Waals surface area contributed by atoms with Crippen molar-refractivity contribution in [3.05, 3.63) is 29.8 Å². The molecule has 1 heterocycles. The van der Waals surface area contributed by atoms with Crippen LogP contribution in [0, 0.1) is 0 Å². The Kier molecular flexibility index (Phi) is 3.79. The molecule has 1 saturated heterocycles. The summed E-state index contributed by atoms with van der Waals surface area (Å²) in [5.74, 6) is -0.554. The minimum atomic E-state index is -0.206. The first-order chi connectivity index (χ1) is 9.06. The quantitative estimate of drug-likeness (QED) is 0.799. The SMILES string of the molecule is CC(=O)Nc1cccc(C(=O)N2CCNC(=O)C2)c1. The first kappa shape index (κ1) is 13.1. The fourth-order valence-corrected chi connectivity index (χ4v) is 1.93. The van der Waals surface area contributed by atoms with Gasteiger partial charge in [-0.1, -0.05) is 6.07 Å². The number of carbonyl (C=O) groups excluding carboxylic acids is 3. The molecule has 0 saturated carbocycles. The second-order valence-electron chi connectivity index (χ2n) is 4.34. The Hall–Kier alpha value is -2.37. The standard InChI is InChI=1S/C13H15N3O3/c1-9(17)15-11-4-2-3-10(7-11)13(19)16-6-5-14-12(18)8-16/h2-4,7H,5-6,8H2,1H3,(H,14,18)(H,15,17). The topological polar surface area (TPSA) is 78.5 Å². The number of nitrogens with one attached hydrogen (secondary N) is 2. The van der Waals surface area contributed by atoms with Gasteiger partial charge >= 0.3 is 0 Å². The smallest absolute Gasteiger partial charge is 0.254 e. The van der Waals surface area contributed by atoms with Crippen molar-refractivity contribution in [1.29, 1.82) is 0 Å². The maximum absolute atomic E-state index is 12.2. The Bertz CT molecular complexity index is 528. The van der Waals surface area contributed by atoms with Crippen LogP contribution in [-0.4, -0.2) is 42.3 Å². The number of carbonyl (C=O) groups is 3. The van der Waals surface area contributed by atoms with Crippen LogP contribution in [0.1, 0.15) is 17.3 Å². The lowest BCUT2D eigenvalue weighted by Gasteiger charge is -2.26. The molecule has 0 spiro atoms. The minimum Gasteiger partial charge on any atom is -0.353 e. The van der Waals surface area contributed by atoms with Gasteiger partial charge in [-0.2, -0.15) is 0 Å². The lowest BCUT2D eigenvalue weighted by molar-refractivity contribution is -0.123. The molecule has 0 bridgehead atoms. The molecule has 1 aliphatic rings. The summed E-state index contributed by atoms with van der Waals surface area (Å²) in [6.45, 7) is 2.44. The van der Waals surface area contributed by atoms with E-state index in [-0.39, 0.29) is 24.3 Å². The fourth-order valence-electron chi connectivity index (χ4n) is 1.93. The summed E-state index contributed by atoms with van der Waals surface area (Å²) in [6.07, 6.45) is 0. The predicted octanol–water partition coefficient (Wildman–Crippen LogP) is 0.217. The zero-order valence-electron chi connectivity index (χ0n) is 10.6. The molecule has 2 N–H and O–H groups in total. The van der Waals surface area contributed by atoms with Gasteiger partial charge in [0.05, 0.1) is 6.54 Å². The van der Waals surface area contributed by atoms with Crippen molar-refractivity contribution in [1.82, 2.24) is 10.2 Å². The predicted molar refractivity (Wildman–Crippen MR) is 69.7 cm³/mol. The van der Waals surface area contributed by atoms with Crippen molar-refractivity contribution in [2.24, 2.45) is 0 Å². The monoisotopic (exact) mass is 261 g/mol. The number of amides is 3. The molecule has 1 fully saturated rings. The second-order valence-corrected chi connectivity index (χ2v) is 4.34. The second kappa shape index (κ2) is 5.51. The molecule has 0 radical (unpaired) electrons. The van der Waals surface area contributed by atoms with Crippen LogP contribution in [-0.2, 0) is 9.59 Å². The Morgan fingerprint density at radius 3 is 2.84 bits per heavy atom. The highest BCUT2D eigenvalue weighted by Gasteiger charge is 2.22. The number of benzene rings is 1. The lowest BCUT2D eigenvalue weighted by atomic mass is 10.1. The van der Waals surface area contributed by atoms with Gasteiger partial charge in [0.25, 0.3) is 5.91 Å². The van der Waals surface area contributed by atoms with E-state index in [2.05, 4.69) is 10.6 Å². The Labute approximate surface area is 110 Å². The van der Waals surface area contributed by atoms with E-state index in [0.29, 0.717) is 24.3 Å². The number of rotatable bonds is 2. The number of hydrogen-bond acceptors (Lipinski definition) is 3. The normalized spacial score (nSPS) is 14.8. The van der Waals surface area contributed by atoms with Crippen molar-refractivity contribution in [3.63, 3.8) is 0 Å². The lowest BCUT2D eigenvalue weighted by Crippen LogP contribution is -2.49. The van der Waals surface area contributed by atoms with Crippen molar-refractivity contribution in [2.45, 2.75) is 6.92 Å². The van der Waals surface area contributed by atoms with Crippen molar-refractivity contribution >= 4 is 23.4 Å².